The maximum Gasteiger partial charge on any atom is -0.0273 e. The lowest BCUT2D eigenvalue weighted by Crippen LogP contribution is -2.05. The van der Waals surface area contributed by atoms with E-state index in [1.54, 1.807) is 16.7 Å². The van der Waals surface area contributed by atoms with Gasteiger partial charge in [-0.3, -0.25) is 0 Å². The third kappa shape index (κ3) is 39.3. The van der Waals surface area contributed by atoms with E-state index in [9.17, 15) is 0 Å². The highest BCUT2D eigenvalue weighted by Crippen LogP contribution is 2.27. The second-order valence-corrected chi connectivity index (χ2v) is 20.6. The van der Waals surface area contributed by atoms with Crippen LogP contribution in [0.15, 0.2) is 12.1 Å². The van der Waals surface area contributed by atoms with E-state index in [2.05, 4.69) is 39.8 Å². The Kier molecular flexibility index (Phi) is 46.5. The molecule has 0 bridgehead atoms. The molecule has 0 amide bonds. The molecule has 0 atom stereocenters. The zero-order valence-corrected chi connectivity index (χ0v) is 43.2. The van der Waals surface area contributed by atoms with Gasteiger partial charge in [0.1, 0.15) is 0 Å². The molecule has 360 valence electrons. The number of unbranched alkanes of at least 4 members (excludes halogenated alkanes) is 43. The van der Waals surface area contributed by atoms with Gasteiger partial charge in [-0.25, -0.2) is 0 Å². The first-order chi connectivity index (χ1) is 30.3. The van der Waals surface area contributed by atoms with Crippen LogP contribution in [-0.4, -0.2) is 0 Å². The molecule has 0 spiro atoms. The van der Waals surface area contributed by atoms with Gasteiger partial charge in [0.05, 0.1) is 0 Å². The molecule has 0 aliphatic carbocycles. The molecular weight excluding hydrogens is 733 g/mol. The summed E-state index contributed by atoms with van der Waals surface area (Å²) >= 11 is 0. The van der Waals surface area contributed by atoms with E-state index >= 15 is 0 Å². The zero-order valence-electron chi connectivity index (χ0n) is 43.2. The minimum absolute atomic E-state index is 1.29. The Morgan fingerprint density at radius 3 is 0.623 bits per heavy atom. The third-order valence-electron chi connectivity index (χ3n) is 14.4. The Labute approximate surface area is 388 Å². The van der Waals surface area contributed by atoms with Crippen LogP contribution < -0.4 is 0 Å². The van der Waals surface area contributed by atoms with Gasteiger partial charge in [0.15, 0.2) is 0 Å². The molecule has 0 heterocycles. The molecule has 1 rings (SSSR count). The third-order valence-corrected chi connectivity index (χ3v) is 14.4. The first-order valence-electron chi connectivity index (χ1n) is 29.4. The van der Waals surface area contributed by atoms with E-state index < -0.39 is 0 Å². The Balaban J connectivity index is 2.54. The van der Waals surface area contributed by atoms with E-state index in [0.29, 0.717) is 0 Å². The number of hydrogen-bond donors (Lipinski definition) is 0. The second-order valence-electron chi connectivity index (χ2n) is 20.6. The summed E-state index contributed by atoms with van der Waals surface area (Å²) in [7, 11) is 0. The lowest BCUT2D eigenvalue weighted by atomic mass is 9.87. The lowest BCUT2D eigenvalue weighted by molar-refractivity contribution is 0.530. The SMILES string of the molecule is CCCCCCCCCCCCCCCCCc1cc(CCCC)cc(CCCCCCCCCCCCCCCCC)c1CCCCCCCCCCCCCCCCC. The fourth-order valence-corrected chi connectivity index (χ4v) is 10.2. The molecule has 0 aliphatic rings. The van der Waals surface area contributed by atoms with Crippen LogP contribution in [-0.2, 0) is 25.7 Å². The van der Waals surface area contributed by atoms with Crippen LogP contribution in [0.1, 0.15) is 352 Å². The summed E-state index contributed by atoms with van der Waals surface area (Å²) in [6.07, 6.45) is 73.4. The molecule has 0 aliphatic heterocycles. The van der Waals surface area contributed by atoms with E-state index in [1.165, 1.54) is 327 Å². The minimum Gasteiger partial charge on any atom is -0.0654 e. The van der Waals surface area contributed by atoms with Gasteiger partial charge in [0, 0.05) is 0 Å². The van der Waals surface area contributed by atoms with Gasteiger partial charge in [-0.1, -0.05) is 316 Å². The van der Waals surface area contributed by atoms with E-state index in [-0.39, 0.29) is 0 Å². The summed E-state index contributed by atoms with van der Waals surface area (Å²) in [6, 6.07) is 5.41. The highest BCUT2D eigenvalue weighted by molar-refractivity contribution is 5.40. The van der Waals surface area contributed by atoms with Crippen LogP contribution in [0.2, 0.25) is 0 Å². The monoisotopic (exact) mass is 849 g/mol. The average molecular weight is 850 g/mol. The van der Waals surface area contributed by atoms with Crippen molar-refractivity contribution >= 4 is 0 Å². The first kappa shape index (κ1) is 58.2. The predicted molar refractivity (Wildman–Crippen MR) is 281 cm³/mol. The molecule has 0 fully saturated rings. The predicted octanol–water partition coefficient (Wildman–Crippen LogP) is 22.3. The van der Waals surface area contributed by atoms with Crippen LogP contribution in [0.5, 0.6) is 0 Å². The molecule has 0 aromatic heterocycles. The van der Waals surface area contributed by atoms with Crippen molar-refractivity contribution in [2.75, 3.05) is 0 Å². The van der Waals surface area contributed by atoms with Gasteiger partial charge in [-0.2, -0.15) is 0 Å². The van der Waals surface area contributed by atoms with Gasteiger partial charge < -0.3 is 0 Å². The molecule has 1 aromatic carbocycles. The van der Waals surface area contributed by atoms with Gasteiger partial charge in [0.25, 0.3) is 0 Å². The molecule has 0 saturated carbocycles. The topological polar surface area (TPSA) is 0 Å². The molecule has 61 heavy (non-hydrogen) atoms. The van der Waals surface area contributed by atoms with Crippen molar-refractivity contribution in [2.24, 2.45) is 0 Å². The second kappa shape index (κ2) is 48.7. The summed E-state index contributed by atoms with van der Waals surface area (Å²) in [4.78, 5) is 0. The van der Waals surface area contributed by atoms with Gasteiger partial charge in [0.2, 0.25) is 0 Å². The van der Waals surface area contributed by atoms with Gasteiger partial charge in [-0.05, 0) is 73.6 Å². The van der Waals surface area contributed by atoms with Gasteiger partial charge in [-0.15, -0.1) is 0 Å². The molecule has 0 N–H and O–H groups in total. The average Bonchev–Trinajstić information content (AvgIpc) is 3.27. The fourth-order valence-electron chi connectivity index (χ4n) is 10.2. The summed E-state index contributed by atoms with van der Waals surface area (Å²) < 4.78 is 0. The largest absolute Gasteiger partial charge is 0.0654 e. The smallest absolute Gasteiger partial charge is 0.0273 e. The van der Waals surface area contributed by atoms with Crippen molar-refractivity contribution in [3.05, 3.63) is 34.4 Å². The molecule has 0 unspecified atom stereocenters. The Morgan fingerprint density at radius 1 is 0.197 bits per heavy atom. The van der Waals surface area contributed by atoms with Crippen LogP contribution in [0, 0.1) is 0 Å². The zero-order chi connectivity index (χ0) is 43.8. The van der Waals surface area contributed by atoms with E-state index in [1.807, 2.05) is 5.56 Å². The number of aryl methyl sites for hydroxylation is 3. The van der Waals surface area contributed by atoms with Crippen molar-refractivity contribution in [1.82, 2.24) is 0 Å². The lowest BCUT2D eigenvalue weighted by Gasteiger charge is -2.18. The number of rotatable bonds is 51. The van der Waals surface area contributed by atoms with Crippen molar-refractivity contribution in [3.63, 3.8) is 0 Å². The minimum atomic E-state index is 1.29. The first-order valence-corrected chi connectivity index (χ1v) is 29.4. The highest BCUT2D eigenvalue weighted by Gasteiger charge is 2.12. The Morgan fingerprint density at radius 2 is 0.393 bits per heavy atom. The molecule has 0 nitrogen and oxygen atoms in total. The fraction of sp³-hybridized carbons (Fsp3) is 0.902. The van der Waals surface area contributed by atoms with Crippen LogP contribution in [0.4, 0.5) is 0 Å². The molecular formula is C61H116. The van der Waals surface area contributed by atoms with E-state index in [4.69, 9.17) is 0 Å². The highest BCUT2D eigenvalue weighted by atomic mass is 14.2. The van der Waals surface area contributed by atoms with Crippen LogP contribution >= 0.6 is 0 Å². The molecule has 0 heteroatoms. The summed E-state index contributed by atoms with van der Waals surface area (Å²) in [5.41, 5.74) is 7.01. The van der Waals surface area contributed by atoms with Crippen molar-refractivity contribution in [3.8, 4) is 0 Å². The normalized spacial score (nSPS) is 11.7. The van der Waals surface area contributed by atoms with E-state index in [0.717, 1.165) is 0 Å². The van der Waals surface area contributed by atoms with Crippen LogP contribution in [0.3, 0.4) is 0 Å². The quantitative estimate of drug-likeness (QED) is 0.0573. The summed E-state index contributed by atoms with van der Waals surface area (Å²) in [6.45, 7) is 9.34. The van der Waals surface area contributed by atoms with Crippen LogP contribution in [0.25, 0.3) is 0 Å². The Bertz CT molecular complexity index is 917. The maximum atomic E-state index is 2.70. The Hall–Kier alpha value is -0.780. The molecule has 0 saturated heterocycles. The standard InChI is InChI=1S/C61H116/c1-5-9-13-16-19-22-25-28-31-34-37-40-43-46-49-53-59-56-58(52-12-8-4)57-60(54-50-47-44-41-38-35-32-29-26-23-20-17-14-10-6-2)61(59)55-51-48-45-42-39-36-33-30-27-24-21-18-15-11-7-3/h56-57H,5-55H2,1-4H3. The van der Waals surface area contributed by atoms with Crippen molar-refractivity contribution in [2.45, 2.75) is 355 Å². The van der Waals surface area contributed by atoms with Crippen molar-refractivity contribution < 1.29 is 0 Å². The molecule has 0 radical (unpaired) electrons. The summed E-state index contributed by atoms with van der Waals surface area (Å²) in [5, 5.41) is 0. The summed E-state index contributed by atoms with van der Waals surface area (Å²) in [5.74, 6) is 0. The maximum absolute atomic E-state index is 2.70. The number of benzene rings is 1. The number of hydrogen-bond acceptors (Lipinski definition) is 0. The molecule has 1 aromatic rings. The van der Waals surface area contributed by atoms with Crippen molar-refractivity contribution in [1.29, 1.82) is 0 Å². The van der Waals surface area contributed by atoms with Gasteiger partial charge >= 0.3 is 0 Å².